The van der Waals surface area contributed by atoms with Crippen molar-refractivity contribution in [2.75, 3.05) is 19.6 Å². The molecule has 2 aliphatic heterocycles. The van der Waals surface area contributed by atoms with E-state index < -0.39 is 0 Å². The maximum atomic E-state index is 2.61. The van der Waals surface area contributed by atoms with E-state index in [1.165, 1.54) is 73.4 Å². The predicted octanol–water partition coefficient (Wildman–Crippen LogP) is 18.1. The van der Waals surface area contributed by atoms with Crippen LogP contribution in [-0.2, 0) is 32.5 Å². The van der Waals surface area contributed by atoms with Gasteiger partial charge in [-0.1, -0.05) is 137 Å². The largest absolute Gasteiger partial charge is 0.282 e. The highest BCUT2D eigenvalue weighted by atomic mass is 32.1. The lowest BCUT2D eigenvalue weighted by Crippen LogP contribution is -2.32. The third-order valence-corrected chi connectivity index (χ3v) is 17.9. The molecule has 328 valence electrons. The number of hydrogen-bond acceptors (Lipinski definition) is 8. The van der Waals surface area contributed by atoms with Gasteiger partial charge in [-0.2, -0.15) is 0 Å². The minimum absolute atomic E-state index is 0.00670. The summed E-state index contributed by atoms with van der Waals surface area (Å²) in [6, 6.07) is 33.4. The monoisotopic (exact) mass is 900 g/mol. The van der Waals surface area contributed by atoms with E-state index in [1.54, 1.807) is 0 Å². The maximum Gasteiger partial charge on any atom is 0.167 e. The molecule has 6 aromatic rings. The first-order valence-corrected chi connectivity index (χ1v) is 25.5. The van der Waals surface area contributed by atoms with Gasteiger partial charge in [-0.05, 0) is 116 Å². The summed E-state index contributed by atoms with van der Waals surface area (Å²) in [6.45, 7) is 42.0. The van der Waals surface area contributed by atoms with Gasteiger partial charge in [0.2, 0.25) is 0 Å². The van der Waals surface area contributed by atoms with Crippen molar-refractivity contribution in [3.05, 3.63) is 127 Å². The van der Waals surface area contributed by atoms with Gasteiger partial charge in [0.25, 0.3) is 0 Å². The molecule has 4 nitrogen and oxygen atoms in total. The number of anilines is 8. The number of hydrogen-bond donors (Lipinski definition) is 0. The molecule has 0 bridgehead atoms. The molecule has 0 spiro atoms. The lowest BCUT2D eigenvalue weighted by Gasteiger charge is -2.32. The summed E-state index contributed by atoms with van der Waals surface area (Å²) in [7, 11) is 0. The van der Waals surface area contributed by atoms with Crippen molar-refractivity contribution in [3.63, 3.8) is 0 Å². The van der Waals surface area contributed by atoms with Crippen LogP contribution in [0.3, 0.4) is 0 Å². The quantitative estimate of drug-likeness (QED) is 0.175. The van der Waals surface area contributed by atoms with Gasteiger partial charge in [0.05, 0.1) is 22.7 Å². The lowest BCUT2D eigenvalue weighted by molar-refractivity contribution is 0.590. The smallest absolute Gasteiger partial charge is 0.167 e. The second-order valence-corrected chi connectivity index (χ2v) is 27.7. The van der Waals surface area contributed by atoms with Gasteiger partial charge in [-0.3, -0.25) is 19.6 Å². The van der Waals surface area contributed by atoms with Crippen LogP contribution in [0.25, 0.3) is 0 Å². The Morgan fingerprint density at radius 1 is 0.274 bits per heavy atom. The molecule has 8 heteroatoms. The fourth-order valence-corrected chi connectivity index (χ4v) is 12.4. The molecule has 8 rings (SSSR count). The third-order valence-electron chi connectivity index (χ3n) is 11.9. The van der Waals surface area contributed by atoms with Gasteiger partial charge in [0.15, 0.2) is 11.6 Å². The van der Waals surface area contributed by atoms with Gasteiger partial charge < -0.3 is 0 Å². The number of fused-ring (bicyclic) bond motifs is 2. The Balaban J connectivity index is 1.57. The molecule has 0 aliphatic carbocycles. The molecule has 0 saturated carbocycles. The van der Waals surface area contributed by atoms with Crippen molar-refractivity contribution in [2.24, 2.45) is 0 Å². The van der Waals surface area contributed by atoms with Gasteiger partial charge in [-0.25, -0.2) is 0 Å². The highest BCUT2D eigenvalue weighted by Crippen LogP contribution is 2.61. The van der Waals surface area contributed by atoms with Crippen LogP contribution in [0.4, 0.5) is 42.8 Å². The predicted molar refractivity (Wildman–Crippen MR) is 278 cm³/mol. The first-order chi connectivity index (χ1) is 28.5. The van der Waals surface area contributed by atoms with Gasteiger partial charge in [0, 0.05) is 19.5 Å². The minimum atomic E-state index is -0.0402. The number of thiophene rings is 4. The lowest BCUT2D eigenvalue weighted by atomic mass is 9.86. The number of benzene rings is 2. The van der Waals surface area contributed by atoms with Crippen molar-refractivity contribution in [1.29, 1.82) is 0 Å². The molecule has 2 aromatic carbocycles. The zero-order valence-corrected chi connectivity index (χ0v) is 43.8. The molecule has 0 radical (unpaired) electrons. The highest BCUT2D eigenvalue weighted by Gasteiger charge is 2.47. The Hall–Kier alpha value is -3.82. The Kier molecular flexibility index (Phi) is 10.7. The maximum absolute atomic E-state index is 2.61. The summed E-state index contributed by atoms with van der Waals surface area (Å²) in [4.78, 5) is 15.9. The molecule has 6 heterocycles. The summed E-state index contributed by atoms with van der Waals surface area (Å²) in [5, 5.41) is 4.86. The number of nitrogens with zero attached hydrogens (tertiary/aromatic N) is 4. The highest BCUT2D eigenvalue weighted by molar-refractivity contribution is 7.17. The summed E-state index contributed by atoms with van der Waals surface area (Å²) in [5.74, 6) is 2.28. The van der Waals surface area contributed by atoms with E-state index in [-0.39, 0.29) is 32.5 Å². The molecule has 0 unspecified atom stereocenters. The van der Waals surface area contributed by atoms with Gasteiger partial charge >= 0.3 is 0 Å². The van der Waals surface area contributed by atoms with E-state index in [9.17, 15) is 0 Å². The van der Waals surface area contributed by atoms with Crippen LogP contribution in [0.1, 0.15) is 155 Å². The standard InChI is InChI=1S/C54H68N4S4/c1-49(2,3)33-19-21-35-37(31-33)57(45-29-25-41(61-45)53(13,14)15)47(55(35)43-27-23-39(59-43)51(7,8)9)48-56(44-28-24-40(60-44)52(10,11)12)36-22-20-34(50(4,5)6)32-38(36)58(48)46-30-26-42(62-46)54(16,17)18/h19-32H,1-18H3/b48-47+. The molecule has 0 N–H and O–H groups in total. The van der Waals surface area contributed by atoms with E-state index in [0.717, 1.165) is 11.6 Å². The summed E-state index contributed by atoms with van der Waals surface area (Å²) < 4.78 is 0. The van der Waals surface area contributed by atoms with E-state index in [4.69, 9.17) is 0 Å². The Bertz CT molecular complexity index is 2490. The minimum Gasteiger partial charge on any atom is -0.282 e. The summed E-state index contributed by atoms with van der Waals surface area (Å²) in [5.41, 5.74) is 7.41. The van der Waals surface area contributed by atoms with Crippen molar-refractivity contribution in [1.82, 2.24) is 0 Å². The summed E-state index contributed by atoms with van der Waals surface area (Å²) >= 11 is 7.67. The van der Waals surface area contributed by atoms with Crippen molar-refractivity contribution >= 4 is 88.1 Å². The van der Waals surface area contributed by atoms with Crippen LogP contribution >= 0.6 is 45.3 Å². The molecular weight excluding hydrogens is 833 g/mol. The fourth-order valence-electron chi connectivity index (χ4n) is 8.07. The number of rotatable bonds is 4. The fraction of sp³-hybridized carbons (Fsp3) is 0.444. The molecule has 0 fully saturated rings. The first kappa shape index (κ1) is 44.8. The second-order valence-electron chi connectivity index (χ2n) is 23.4. The average Bonchev–Trinajstić information content (AvgIpc) is 3.98. The van der Waals surface area contributed by atoms with E-state index in [0.29, 0.717) is 0 Å². The van der Waals surface area contributed by atoms with E-state index in [1.807, 2.05) is 45.3 Å². The molecule has 62 heavy (non-hydrogen) atoms. The normalized spacial score (nSPS) is 16.5. The molecule has 0 atom stereocenters. The van der Waals surface area contributed by atoms with Crippen LogP contribution in [-0.4, -0.2) is 0 Å². The Morgan fingerprint density at radius 3 is 0.726 bits per heavy atom. The van der Waals surface area contributed by atoms with Crippen LogP contribution in [0.15, 0.2) is 96.6 Å². The van der Waals surface area contributed by atoms with Crippen LogP contribution in [0.2, 0.25) is 0 Å². The van der Waals surface area contributed by atoms with Crippen LogP contribution in [0.5, 0.6) is 0 Å². The van der Waals surface area contributed by atoms with Gasteiger partial charge in [-0.15, -0.1) is 45.3 Å². The Morgan fingerprint density at radius 2 is 0.516 bits per heavy atom. The zero-order chi connectivity index (χ0) is 45.3. The van der Waals surface area contributed by atoms with Crippen molar-refractivity contribution in [3.8, 4) is 0 Å². The zero-order valence-electron chi connectivity index (χ0n) is 40.5. The van der Waals surface area contributed by atoms with Crippen molar-refractivity contribution in [2.45, 2.75) is 157 Å². The molecule has 0 amide bonds. The third kappa shape index (κ3) is 8.01. The molecule has 2 aliphatic rings. The molecule has 0 saturated heterocycles. The van der Waals surface area contributed by atoms with Gasteiger partial charge in [0.1, 0.15) is 20.0 Å². The van der Waals surface area contributed by atoms with E-state index >= 15 is 0 Å². The summed E-state index contributed by atoms with van der Waals surface area (Å²) in [6.07, 6.45) is 0. The van der Waals surface area contributed by atoms with Crippen LogP contribution in [0, 0.1) is 0 Å². The van der Waals surface area contributed by atoms with Crippen molar-refractivity contribution < 1.29 is 0 Å². The molecule has 4 aromatic heterocycles. The average molecular weight is 901 g/mol. The van der Waals surface area contributed by atoms with E-state index in [2.05, 4.69) is 229 Å². The first-order valence-electron chi connectivity index (χ1n) is 22.2. The SMILES string of the molecule is CC(C)(C)c1ccc2c(c1)N(c1ccc(C(C)(C)C)s1)/C(=C1\N(c3ccc(C(C)(C)C)s3)c3ccc(C(C)(C)C)cc3N1c1ccc(C(C)(C)C)s1)N2c1ccc(C(C)(C)C)s1. The second kappa shape index (κ2) is 14.9. The Labute approximate surface area is 389 Å². The molecular formula is C54H68N4S4. The van der Waals surface area contributed by atoms with Crippen LogP contribution < -0.4 is 19.6 Å². The topological polar surface area (TPSA) is 13.0 Å².